The van der Waals surface area contributed by atoms with Gasteiger partial charge < -0.3 is 14.7 Å². The lowest BCUT2D eigenvalue weighted by Gasteiger charge is -2.31. The maximum atomic E-state index is 12.3. The van der Waals surface area contributed by atoms with Crippen molar-refractivity contribution in [3.8, 4) is 5.75 Å². The summed E-state index contributed by atoms with van der Waals surface area (Å²) in [6.45, 7) is 2.94. The van der Waals surface area contributed by atoms with Crippen LogP contribution >= 0.6 is 0 Å². The van der Waals surface area contributed by atoms with Gasteiger partial charge in [-0.05, 0) is 25.5 Å². The molecule has 1 N–H and O–H groups in total. The third kappa shape index (κ3) is 5.42. The summed E-state index contributed by atoms with van der Waals surface area (Å²) in [5.41, 5.74) is 1.38. The second kappa shape index (κ2) is 10.2. The van der Waals surface area contributed by atoms with Gasteiger partial charge >= 0.3 is 0 Å². The number of aliphatic hydroxyl groups is 1. The maximum absolute atomic E-state index is 12.3. The second-order valence-corrected chi connectivity index (χ2v) is 7.23. The molecule has 2 aromatic rings. The number of methoxy groups -OCH3 is 1. The summed E-state index contributed by atoms with van der Waals surface area (Å²) < 4.78 is 7.19. The summed E-state index contributed by atoms with van der Waals surface area (Å²) in [6.07, 6.45) is 8.04. The highest BCUT2D eigenvalue weighted by atomic mass is 16.5. The molecule has 8 nitrogen and oxygen atoms in total. The van der Waals surface area contributed by atoms with Crippen molar-refractivity contribution in [2.75, 3.05) is 46.9 Å². The highest BCUT2D eigenvalue weighted by Crippen LogP contribution is 2.22. The van der Waals surface area contributed by atoms with E-state index in [4.69, 9.17) is 9.84 Å². The van der Waals surface area contributed by atoms with Gasteiger partial charge in [-0.3, -0.25) is 9.69 Å². The molecule has 8 heteroatoms. The molecule has 0 bridgehead atoms. The van der Waals surface area contributed by atoms with Gasteiger partial charge in [-0.2, -0.15) is 0 Å². The number of rotatable bonds is 8. The zero-order valence-corrected chi connectivity index (χ0v) is 17.1. The van der Waals surface area contributed by atoms with E-state index in [1.165, 1.54) is 4.90 Å². The van der Waals surface area contributed by atoms with Crippen LogP contribution in [0.25, 0.3) is 6.08 Å². The molecule has 0 spiro atoms. The number of para-hydroxylation sites is 1. The quantitative estimate of drug-likeness (QED) is 0.727. The Hall–Kier alpha value is -2.71. The summed E-state index contributed by atoms with van der Waals surface area (Å²) in [7, 11) is 3.33. The molecule has 1 aliphatic heterocycles. The van der Waals surface area contributed by atoms with Crippen molar-refractivity contribution in [2.24, 2.45) is 0 Å². The normalized spacial score (nSPS) is 17.6. The lowest BCUT2D eigenvalue weighted by atomic mass is 10.1. The van der Waals surface area contributed by atoms with Gasteiger partial charge in [0.2, 0.25) is 0 Å². The Balaban J connectivity index is 1.58. The highest BCUT2D eigenvalue weighted by Gasteiger charge is 2.23. The van der Waals surface area contributed by atoms with Gasteiger partial charge in [0.1, 0.15) is 5.75 Å². The molecule has 1 fully saturated rings. The van der Waals surface area contributed by atoms with Crippen LogP contribution in [0.5, 0.6) is 5.75 Å². The predicted octanol–water partition coefficient (Wildman–Crippen LogP) is 1.70. The number of aromatic nitrogens is 3. The fraction of sp³-hybridized carbons (Fsp3) is 0.476. The molecule has 1 atom stereocenters. The molecular weight excluding hydrogens is 370 g/mol. The van der Waals surface area contributed by atoms with Crippen LogP contribution in [0, 0.1) is 0 Å². The number of aliphatic hydroxyl groups excluding tert-OH is 1. The van der Waals surface area contributed by atoms with Crippen LogP contribution in [-0.4, -0.2) is 82.8 Å². The minimum Gasteiger partial charge on any atom is -0.496 e. The van der Waals surface area contributed by atoms with Crippen LogP contribution in [0.2, 0.25) is 0 Å². The minimum absolute atomic E-state index is 0.0731. The van der Waals surface area contributed by atoms with Crippen molar-refractivity contribution in [3.05, 3.63) is 47.8 Å². The minimum atomic E-state index is -0.224. The number of likely N-dealkylation sites (tertiary alicyclic amines) is 1. The SMILES string of the molecule is COc1ccccc1/C=C/CN1CCC[C@H](n2cc(C(=O)N(C)CCO)nn2)C1. The van der Waals surface area contributed by atoms with E-state index in [1.54, 1.807) is 25.0 Å². The van der Waals surface area contributed by atoms with Gasteiger partial charge in [0.25, 0.3) is 5.91 Å². The first kappa shape index (κ1) is 21.0. The van der Waals surface area contributed by atoms with E-state index in [1.807, 2.05) is 24.3 Å². The number of hydrogen-bond acceptors (Lipinski definition) is 6. The molecule has 29 heavy (non-hydrogen) atoms. The average molecular weight is 399 g/mol. The molecule has 1 aliphatic rings. The lowest BCUT2D eigenvalue weighted by molar-refractivity contribution is 0.0761. The molecular formula is C21H29N5O3. The van der Waals surface area contributed by atoms with Gasteiger partial charge in [-0.25, -0.2) is 4.68 Å². The Morgan fingerprint density at radius 3 is 3.03 bits per heavy atom. The van der Waals surface area contributed by atoms with Crippen LogP contribution in [0.1, 0.15) is 34.9 Å². The number of piperidine rings is 1. The molecule has 1 amide bonds. The fourth-order valence-corrected chi connectivity index (χ4v) is 3.55. The topological polar surface area (TPSA) is 83.7 Å². The molecule has 1 aromatic heterocycles. The van der Waals surface area contributed by atoms with Gasteiger partial charge in [0, 0.05) is 32.2 Å². The molecule has 156 valence electrons. The van der Waals surface area contributed by atoms with Gasteiger partial charge in [0.05, 0.1) is 26.0 Å². The van der Waals surface area contributed by atoms with Crippen LogP contribution < -0.4 is 4.74 Å². The van der Waals surface area contributed by atoms with Gasteiger partial charge in [-0.15, -0.1) is 5.10 Å². The number of benzene rings is 1. The van der Waals surface area contributed by atoms with E-state index >= 15 is 0 Å². The van der Waals surface area contributed by atoms with Crippen LogP contribution in [0.4, 0.5) is 0 Å². The smallest absolute Gasteiger partial charge is 0.275 e. The third-order valence-corrected chi connectivity index (χ3v) is 5.17. The summed E-state index contributed by atoms with van der Waals surface area (Å²) >= 11 is 0. The van der Waals surface area contributed by atoms with E-state index < -0.39 is 0 Å². The molecule has 1 aromatic carbocycles. The monoisotopic (exact) mass is 399 g/mol. The van der Waals surface area contributed by atoms with E-state index in [9.17, 15) is 4.79 Å². The zero-order chi connectivity index (χ0) is 20.6. The Morgan fingerprint density at radius 1 is 1.41 bits per heavy atom. The largest absolute Gasteiger partial charge is 0.496 e. The van der Waals surface area contributed by atoms with Crippen molar-refractivity contribution >= 4 is 12.0 Å². The summed E-state index contributed by atoms with van der Waals surface area (Å²) in [5, 5.41) is 17.2. The number of hydrogen-bond donors (Lipinski definition) is 1. The van der Waals surface area contributed by atoms with Crippen molar-refractivity contribution in [1.29, 1.82) is 0 Å². The van der Waals surface area contributed by atoms with E-state index in [-0.39, 0.29) is 25.1 Å². The summed E-state index contributed by atoms with van der Waals surface area (Å²) in [5.74, 6) is 0.643. The number of nitrogens with zero attached hydrogens (tertiary/aromatic N) is 5. The van der Waals surface area contributed by atoms with E-state index in [0.29, 0.717) is 5.69 Å². The summed E-state index contributed by atoms with van der Waals surface area (Å²) in [6, 6.07) is 8.15. The van der Waals surface area contributed by atoms with Crippen LogP contribution in [0.3, 0.4) is 0 Å². The molecule has 0 radical (unpaired) electrons. The van der Waals surface area contributed by atoms with E-state index in [2.05, 4.69) is 27.4 Å². The number of carbonyl (C=O) groups is 1. The Morgan fingerprint density at radius 2 is 2.24 bits per heavy atom. The Kier molecular flexibility index (Phi) is 7.37. The third-order valence-electron chi connectivity index (χ3n) is 5.17. The Bertz CT molecular complexity index is 835. The number of likely N-dealkylation sites (N-methyl/N-ethyl adjacent to an activating group) is 1. The van der Waals surface area contributed by atoms with Crippen LogP contribution in [-0.2, 0) is 0 Å². The predicted molar refractivity (Wildman–Crippen MR) is 111 cm³/mol. The fourth-order valence-electron chi connectivity index (χ4n) is 3.55. The van der Waals surface area contributed by atoms with Crippen molar-refractivity contribution in [1.82, 2.24) is 24.8 Å². The average Bonchev–Trinajstić information content (AvgIpc) is 3.24. The molecule has 0 unspecified atom stereocenters. The van der Waals surface area contributed by atoms with Crippen molar-refractivity contribution < 1.29 is 14.6 Å². The molecule has 0 aliphatic carbocycles. The van der Waals surface area contributed by atoms with Gasteiger partial charge in [-0.1, -0.05) is 35.6 Å². The van der Waals surface area contributed by atoms with Crippen molar-refractivity contribution in [3.63, 3.8) is 0 Å². The first-order chi connectivity index (χ1) is 14.1. The number of amides is 1. The lowest BCUT2D eigenvalue weighted by Crippen LogP contribution is -2.36. The number of carbonyl (C=O) groups excluding carboxylic acids is 1. The van der Waals surface area contributed by atoms with E-state index in [0.717, 1.165) is 43.8 Å². The first-order valence-corrected chi connectivity index (χ1v) is 9.92. The molecule has 3 rings (SSSR count). The zero-order valence-electron chi connectivity index (χ0n) is 17.1. The molecule has 1 saturated heterocycles. The second-order valence-electron chi connectivity index (χ2n) is 7.23. The number of ether oxygens (including phenoxy) is 1. The van der Waals surface area contributed by atoms with Crippen molar-refractivity contribution in [2.45, 2.75) is 18.9 Å². The standard InChI is InChI=1S/C21H29N5O3/c1-24(13-14-27)21(28)19-16-26(23-22-19)18-9-6-12-25(15-18)11-5-8-17-7-3-4-10-20(17)29-2/h3-5,7-8,10,16,18,27H,6,9,11-15H2,1-2H3/b8-5+/t18-/m0/s1. The maximum Gasteiger partial charge on any atom is 0.275 e. The summed E-state index contributed by atoms with van der Waals surface area (Å²) in [4.78, 5) is 16.1. The first-order valence-electron chi connectivity index (χ1n) is 9.92. The highest BCUT2D eigenvalue weighted by molar-refractivity contribution is 5.91. The molecule has 2 heterocycles. The van der Waals surface area contributed by atoms with Crippen LogP contribution in [0.15, 0.2) is 36.5 Å². The Labute approximate surface area is 171 Å². The van der Waals surface area contributed by atoms with Gasteiger partial charge in [0.15, 0.2) is 5.69 Å². The molecule has 0 saturated carbocycles.